The van der Waals surface area contributed by atoms with Gasteiger partial charge >= 0.3 is 0 Å². The van der Waals surface area contributed by atoms with Crippen LogP contribution in [0.1, 0.15) is 0 Å². The molecule has 14 heavy (non-hydrogen) atoms. The van der Waals surface area contributed by atoms with Gasteiger partial charge in [0.1, 0.15) is 0 Å². The van der Waals surface area contributed by atoms with E-state index in [4.69, 9.17) is 69.6 Å². The number of nitrogens with zero attached hydrogens (tertiary/aromatic N) is 1. The quantitative estimate of drug-likeness (QED) is 0.673. The molecule has 0 fully saturated rings. The van der Waals surface area contributed by atoms with Crippen LogP contribution >= 0.6 is 69.6 Å². The summed E-state index contributed by atoms with van der Waals surface area (Å²) in [4.78, 5) is 10.9. The summed E-state index contributed by atoms with van der Waals surface area (Å²) in [7, 11) is 3.19. The van der Waals surface area contributed by atoms with Gasteiger partial charge in [0.05, 0.1) is 10.7 Å². The molecule has 0 saturated heterocycles. The first-order valence-corrected chi connectivity index (χ1v) is 6.13. The zero-order chi connectivity index (χ0) is 12.1. The molecular formula is C6H11Cl6NO. The van der Waals surface area contributed by atoms with Crippen molar-refractivity contribution in [2.75, 3.05) is 24.8 Å². The molecule has 8 heteroatoms. The fourth-order valence-corrected chi connectivity index (χ4v) is 0.586. The largest absolute Gasteiger partial charge is 0.346 e. The van der Waals surface area contributed by atoms with Gasteiger partial charge in [-0.3, -0.25) is 4.79 Å². The van der Waals surface area contributed by atoms with E-state index >= 15 is 0 Å². The maximum Gasteiger partial charge on any atom is 0.255 e. The summed E-state index contributed by atoms with van der Waals surface area (Å²) in [5, 5.41) is 0.389. The van der Waals surface area contributed by atoms with Gasteiger partial charge in [-0.05, 0) is 0 Å². The van der Waals surface area contributed by atoms with Crippen molar-refractivity contribution >= 4 is 75.5 Å². The van der Waals surface area contributed by atoms with E-state index in [-0.39, 0.29) is 16.6 Å². The highest BCUT2D eigenvalue weighted by Crippen LogP contribution is 2.03. The fourth-order valence-electron chi connectivity index (χ4n) is 0.195. The van der Waals surface area contributed by atoms with Crippen LogP contribution in [-0.4, -0.2) is 40.4 Å². The van der Waals surface area contributed by atoms with E-state index in [1.54, 1.807) is 14.1 Å². The molecule has 0 saturated carbocycles. The lowest BCUT2D eigenvalue weighted by Gasteiger charge is -2.08. The summed E-state index contributed by atoms with van der Waals surface area (Å²) >= 11 is 29.5. The normalized spacial score (nSPS) is 8.07. The second-order valence-electron chi connectivity index (χ2n) is 1.74. The molecule has 0 unspecified atom stereocenters. The summed E-state index contributed by atoms with van der Waals surface area (Å²) in [5.41, 5.74) is 0. The molecule has 0 aliphatic heterocycles. The molecule has 0 aromatic carbocycles. The molecule has 0 aromatic heterocycles. The fraction of sp³-hybridized carbons (Fsp3) is 0.833. The third-order valence-electron chi connectivity index (χ3n) is 0.627. The highest BCUT2D eigenvalue weighted by Gasteiger charge is 2.11. The van der Waals surface area contributed by atoms with E-state index in [2.05, 4.69) is 0 Å². The van der Waals surface area contributed by atoms with Crippen LogP contribution in [0, 0.1) is 0 Å². The predicted octanol–water partition coefficient (Wildman–Crippen LogP) is 3.72. The summed E-state index contributed by atoms with van der Waals surface area (Å²) in [6, 6.07) is 0. The van der Waals surface area contributed by atoms with Crippen LogP contribution in [0.15, 0.2) is 0 Å². The molecule has 0 radical (unpaired) electrons. The second kappa shape index (κ2) is 16.6. The Bertz CT molecular complexity index is 109. The molecule has 0 aliphatic carbocycles. The van der Waals surface area contributed by atoms with Gasteiger partial charge in [-0.25, -0.2) is 0 Å². The summed E-state index contributed by atoms with van der Waals surface area (Å²) < 4.78 is 0. The Hall–Kier alpha value is 1.21. The molecule has 0 N–H and O–H groups in total. The highest BCUT2D eigenvalue weighted by atomic mass is 35.5. The molecule has 0 spiro atoms. The first kappa shape index (κ1) is 20.6. The van der Waals surface area contributed by atoms with Gasteiger partial charge in [0.25, 0.3) is 5.91 Å². The Morgan fingerprint density at radius 3 is 1.29 bits per heavy atom. The molecule has 1 amide bonds. The molecule has 0 heterocycles. The van der Waals surface area contributed by atoms with E-state index in [0.717, 1.165) is 0 Å². The number of amides is 1. The van der Waals surface area contributed by atoms with Gasteiger partial charge in [-0.15, -0.1) is 46.4 Å². The lowest BCUT2D eigenvalue weighted by molar-refractivity contribution is -0.126. The number of hydrogen-bond donors (Lipinski definition) is 0. The van der Waals surface area contributed by atoms with Gasteiger partial charge in [0.2, 0.25) is 0 Å². The van der Waals surface area contributed by atoms with Crippen molar-refractivity contribution in [1.29, 1.82) is 0 Å². The van der Waals surface area contributed by atoms with Gasteiger partial charge in [-0.2, -0.15) is 0 Å². The monoisotopic (exact) mass is 323 g/mol. The molecule has 0 atom stereocenters. The van der Waals surface area contributed by atoms with Crippen molar-refractivity contribution in [3.05, 3.63) is 0 Å². The number of carbonyl (C=O) groups is 1. The number of carbonyl (C=O) groups excluding carboxylic acids is 1. The summed E-state index contributed by atoms with van der Waals surface area (Å²) in [6.07, 6.45) is 0. The van der Waals surface area contributed by atoms with Crippen molar-refractivity contribution < 1.29 is 4.79 Å². The SMILES string of the molecule is CN(C)C(=O)C(Cl)Cl.ClCCl.ClCCl. The van der Waals surface area contributed by atoms with Gasteiger partial charge in [0, 0.05) is 14.1 Å². The second-order valence-corrected chi connectivity index (χ2v) is 4.45. The van der Waals surface area contributed by atoms with Crippen molar-refractivity contribution in [3.63, 3.8) is 0 Å². The molecule has 0 aliphatic rings. The zero-order valence-electron chi connectivity index (χ0n) is 7.61. The lowest BCUT2D eigenvalue weighted by atomic mass is 10.6. The Balaban J connectivity index is -0.000000168. The molecule has 88 valence electrons. The maximum atomic E-state index is 10.5. The topological polar surface area (TPSA) is 20.3 Å². The molecule has 0 bridgehead atoms. The average Bonchev–Trinajstić information content (AvgIpc) is 2.05. The minimum atomic E-state index is -0.926. The van der Waals surface area contributed by atoms with E-state index in [0.29, 0.717) is 0 Å². The van der Waals surface area contributed by atoms with E-state index in [1.807, 2.05) is 0 Å². The van der Waals surface area contributed by atoms with Crippen LogP contribution in [0.5, 0.6) is 0 Å². The van der Waals surface area contributed by atoms with Crippen molar-refractivity contribution in [3.8, 4) is 0 Å². The lowest BCUT2D eigenvalue weighted by Crippen LogP contribution is -2.26. The predicted molar refractivity (Wildman–Crippen MR) is 67.3 cm³/mol. The third kappa shape index (κ3) is 23.2. The number of rotatable bonds is 1. The van der Waals surface area contributed by atoms with Crippen LogP contribution in [-0.2, 0) is 4.79 Å². The van der Waals surface area contributed by atoms with Crippen LogP contribution in [0.25, 0.3) is 0 Å². The Kier molecular flexibility index (Phi) is 24.5. The van der Waals surface area contributed by atoms with Crippen LogP contribution < -0.4 is 0 Å². The third-order valence-corrected chi connectivity index (χ3v) is 1.00. The minimum Gasteiger partial charge on any atom is -0.346 e. The molecule has 2 nitrogen and oxygen atoms in total. The first-order chi connectivity index (χ1) is 6.38. The first-order valence-electron chi connectivity index (χ1n) is 3.12. The van der Waals surface area contributed by atoms with Gasteiger partial charge < -0.3 is 4.90 Å². The number of hydrogen-bond acceptors (Lipinski definition) is 1. The van der Waals surface area contributed by atoms with Crippen LogP contribution in [0.2, 0.25) is 0 Å². The molecule has 0 rings (SSSR count). The number of halogens is 6. The van der Waals surface area contributed by atoms with Crippen LogP contribution in [0.4, 0.5) is 0 Å². The van der Waals surface area contributed by atoms with Crippen LogP contribution in [0.3, 0.4) is 0 Å². The van der Waals surface area contributed by atoms with E-state index in [9.17, 15) is 4.79 Å². The highest BCUT2D eigenvalue weighted by molar-refractivity contribution is 6.53. The average molecular weight is 326 g/mol. The number of alkyl halides is 6. The Labute approximate surface area is 114 Å². The Morgan fingerprint density at radius 1 is 1.07 bits per heavy atom. The van der Waals surface area contributed by atoms with E-state index in [1.165, 1.54) is 4.90 Å². The van der Waals surface area contributed by atoms with Gasteiger partial charge in [0.15, 0.2) is 4.84 Å². The summed E-state index contributed by atoms with van der Waals surface area (Å²) in [6.45, 7) is 0. The smallest absolute Gasteiger partial charge is 0.255 e. The van der Waals surface area contributed by atoms with Gasteiger partial charge in [-0.1, -0.05) is 23.2 Å². The zero-order valence-corrected chi connectivity index (χ0v) is 12.2. The van der Waals surface area contributed by atoms with E-state index < -0.39 is 4.84 Å². The molecule has 0 aromatic rings. The van der Waals surface area contributed by atoms with Crippen molar-refractivity contribution in [2.45, 2.75) is 4.84 Å². The molecular weight excluding hydrogens is 315 g/mol. The summed E-state index contributed by atoms with van der Waals surface area (Å²) in [5.74, 6) is -0.284. The minimum absolute atomic E-state index is 0.194. The van der Waals surface area contributed by atoms with Crippen molar-refractivity contribution in [1.82, 2.24) is 4.90 Å². The maximum absolute atomic E-state index is 10.5. The Morgan fingerprint density at radius 2 is 1.29 bits per heavy atom. The standard InChI is InChI=1S/C4H7Cl2NO.2CH2Cl2/c1-7(2)4(8)3(5)6;2*2-1-3/h3H,1-2H3;2*1H2. The van der Waals surface area contributed by atoms with Crippen molar-refractivity contribution in [2.24, 2.45) is 0 Å².